The van der Waals surface area contributed by atoms with Gasteiger partial charge in [-0.1, -0.05) is 18.2 Å². The maximum atomic E-state index is 13.1. The average molecular weight is 414 g/mol. The van der Waals surface area contributed by atoms with Crippen LogP contribution in [0.3, 0.4) is 0 Å². The van der Waals surface area contributed by atoms with Crippen molar-refractivity contribution in [3.63, 3.8) is 0 Å². The molecule has 0 bridgehead atoms. The highest BCUT2D eigenvalue weighted by molar-refractivity contribution is 7.12. The first-order valence-electron chi connectivity index (χ1n) is 10.2. The van der Waals surface area contributed by atoms with Crippen LogP contribution < -0.4 is 0 Å². The molecular formula is C22H27N3O3S. The zero-order valence-corrected chi connectivity index (χ0v) is 17.3. The van der Waals surface area contributed by atoms with E-state index in [2.05, 4.69) is 4.90 Å². The number of hydrogen-bond donors (Lipinski definition) is 1. The molecule has 1 unspecified atom stereocenters. The Labute approximate surface area is 175 Å². The molecule has 1 aromatic carbocycles. The summed E-state index contributed by atoms with van der Waals surface area (Å²) in [5, 5.41) is 11.5. The SMILES string of the molecule is O=C(c1cccs1)N1CCCC(C(=O)N2CCN(Cc3cccc(O)c3)CC2)C1. The van der Waals surface area contributed by atoms with Crippen molar-refractivity contribution in [2.75, 3.05) is 39.3 Å². The number of benzene rings is 1. The van der Waals surface area contributed by atoms with Gasteiger partial charge in [-0.3, -0.25) is 14.5 Å². The summed E-state index contributed by atoms with van der Waals surface area (Å²) < 4.78 is 0. The van der Waals surface area contributed by atoms with Crippen LogP contribution in [-0.2, 0) is 11.3 Å². The highest BCUT2D eigenvalue weighted by Gasteiger charge is 2.33. The van der Waals surface area contributed by atoms with Gasteiger partial charge in [0.05, 0.1) is 10.8 Å². The van der Waals surface area contributed by atoms with Gasteiger partial charge in [0.2, 0.25) is 5.91 Å². The van der Waals surface area contributed by atoms with E-state index in [1.165, 1.54) is 11.3 Å². The number of phenolic OH excluding ortho intramolecular Hbond substituents is 1. The Bertz CT molecular complexity index is 847. The summed E-state index contributed by atoms with van der Waals surface area (Å²) in [7, 11) is 0. The van der Waals surface area contributed by atoms with E-state index in [1.807, 2.05) is 39.4 Å². The van der Waals surface area contributed by atoms with Crippen LogP contribution in [-0.4, -0.2) is 70.9 Å². The molecule has 0 radical (unpaired) electrons. The molecule has 3 heterocycles. The standard InChI is InChI=1S/C22H27N3O3S/c26-19-6-1-4-17(14-19)15-23-9-11-24(12-10-23)21(27)18-5-2-8-25(16-18)22(28)20-7-3-13-29-20/h1,3-4,6-7,13-14,18,26H,2,5,8-12,15-16H2. The van der Waals surface area contributed by atoms with Crippen LogP contribution in [0, 0.1) is 5.92 Å². The number of amides is 2. The lowest BCUT2D eigenvalue weighted by molar-refractivity contribution is -0.138. The van der Waals surface area contributed by atoms with Crippen molar-refractivity contribution in [2.24, 2.45) is 5.92 Å². The Morgan fingerprint density at radius 2 is 1.86 bits per heavy atom. The molecule has 1 aromatic heterocycles. The number of carbonyl (C=O) groups is 2. The van der Waals surface area contributed by atoms with Crippen molar-refractivity contribution < 1.29 is 14.7 Å². The Kier molecular flexibility index (Phi) is 6.16. The number of piperidine rings is 1. The van der Waals surface area contributed by atoms with Gasteiger partial charge in [0.15, 0.2) is 0 Å². The number of thiophene rings is 1. The van der Waals surface area contributed by atoms with E-state index in [9.17, 15) is 14.7 Å². The number of piperazine rings is 1. The highest BCUT2D eigenvalue weighted by Crippen LogP contribution is 2.23. The van der Waals surface area contributed by atoms with Crippen LogP contribution >= 0.6 is 11.3 Å². The number of aromatic hydroxyl groups is 1. The van der Waals surface area contributed by atoms with E-state index >= 15 is 0 Å². The van der Waals surface area contributed by atoms with E-state index in [0.717, 1.165) is 49.5 Å². The van der Waals surface area contributed by atoms with Gasteiger partial charge >= 0.3 is 0 Å². The van der Waals surface area contributed by atoms with E-state index in [0.29, 0.717) is 19.6 Å². The Morgan fingerprint density at radius 1 is 1.03 bits per heavy atom. The molecule has 2 fully saturated rings. The van der Waals surface area contributed by atoms with E-state index in [-0.39, 0.29) is 23.5 Å². The van der Waals surface area contributed by atoms with Gasteiger partial charge in [0.25, 0.3) is 5.91 Å². The number of phenols is 1. The lowest BCUT2D eigenvalue weighted by Gasteiger charge is -2.39. The Morgan fingerprint density at radius 3 is 2.59 bits per heavy atom. The van der Waals surface area contributed by atoms with E-state index in [4.69, 9.17) is 0 Å². The molecule has 2 aliphatic heterocycles. The van der Waals surface area contributed by atoms with Crippen LogP contribution in [0.5, 0.6) is 5.75 Å². The summed E-state index contributed by atoms with van der Waals surface area (Å²) in [6, 6.07) is 11.1. The lowest BCUT2D eigenvalue weighted by atomic mass is 9.96. The van der Waals surface area contributed by atoms with Crippen molar-refractivity contribution in [1.82, 2.24) is 14.7 Å². The maximum absolute atomic E-state index is 13.1. The van der Waals surface area contributed by atoms with E-state index in [1.54, 1.807) is 12.1 Å². The molecule has 4 rings (SSSR count). The third kappa shape index (κ3) is 4.79. The summed E-state index contributed by atoms with van der Waals surface area (Å²) in [4.78, 5) is 32.6. The quantitative estimate of drug-likeness (QED) is 0.837. The molecule has 0 saturated carbocycles. The molecule has 6 nitrogen and oxygen atoms in total. The third-order valence-electron chi connectivity index (χ3n) is 5.79. The van der Waals surface area contributed by atoms with Crippen LogP contribution in [0.1, 0.15) is 28.1 Å². The summed E-state index contributed by atoms with van der Waals surface area (Å²) in [6.45, 7) is 5.12. The zero-order valence-electron chi connectivity index (χ0n) is 16.5. The minimum Gasteiger partial charge on any atom is -0.508 e. The van der Waals surface area contributed by atoms with Gasteiger partial charge in [0.1, 0.15) is 5.75 Å². The predicted octanol–water partition coefficient (Wildman–Crippen LogP) is 2.65. The second-order valence-electron chi connectivity index (χ2n) is 7.84. The topological polar surface area (TPSA) is 64.1 Å². The molecule has 2 aromatic rings. The van der Waals surface area contributed by atoms with Crippen molar-refractivity contribution in [3.8, 4) is 5.75 Å². The summed E-state index contributed by atoms with van der Waals surface area (Å²) in [5.74, 6) is 0.430. The molecule has 154 valence electrons. The van der Waals surface area contributed by atoms with Gasteiger partial charge in [-0.15, -0.1) is 11.3 Å². The predicted molar refractivity (Wildman–Crippen MR) is 113 cm³/mol. The van der Waals surface area contributed by atoms with Crippen LogP contribution in [0.15, 0.2) is 41.8 Å². The van der Waals surface area contributed by atoms with Gasteiger partial charge in [-0.2, -0.15) is 0 Å². The molecule has 0 spiro atoms. The van der Waals surface area contributed by atoms with Gasteiger partial charge in [-0.05, 0) is 42.0 Å². The zero-order chi connectivity index (χ0) is 20.2. The fourth-order valence-electron chi connectivity index (χ4n) is 4.22. The fourth-order valence-corrected chi connectivity index (χ4v) is 4.91. The van der Waals surface area contributed by atoms with Gasteiger partial charge in [0, 0.05) is 45.8 Å². The van der Waals surface area contributed by atoms with Crippen LogP contribution in [0.4, 0.5) is 0 Å². The van der Waals surface area contributed by atoms with Crippen molar-refractivity contribution in [2.45, 2.75) is 19.4 Å². The van der Waals surface area contributed by atoms with Crippen molar-refractivity contribution in [1.29, 1.82) is 0 Å². The summed E-state index contributed by atoms with van der Waals surface area (Å²) in [5.41, 5.74) is 1.08. The van der Waals surface area contributed by atoms with Crippen molar-refractivity contribution in [3.05, 3.63) is 52.2 Å². The minimum atomic E-state index is -0.0923. The first-order chi connectivity index (χ1) is 14.1. The van der Waals surface area contributed by atoms with Crippen LogP contribution in [0.2, 0.25) is 0 Å². The second-order valence-corrected chi connectivity index (χ2v) is 8.79. The number of nitrogens with zero attached hydrogens (tertiary/aromatic N) is 3. The first-order valence-corrected chi connectivity index (χ1v) is 11.1. The first kappa shape index (κ1) is 19.9. The smallest absolute Gasteiger partial charge is 0.263 e. The summed E-state index contributed by atoms with van der Waals surface area (Å²) in [6.07, 6.45) is 1.74. The monoisotopic (exact) mass is 413 g/mol. The molecule has 1 N–H and O–H groups in total. The molecule has 2 aliphatic rings. The Balaban J connectivity index is 1.29. The van der Waals surface area contributed by atoms with Gasteiger partial charge < -0.3 is 14.9 Å². The number of hydrogen-bond acceptors (Lipinski definition) is 5. The molecule has 0 aliphatic carbocycles. The number of likely N-dealkylation sites (tertiary alicyclic amines) is 1. The summed E-state index contributed by atoms with van der Waals surface area (Å²) >= 11 is 1.46. The fraction of sp³-hybridized carbons (Fsp3) is 0.455. The maximum Gasteiger partial charge on any atom is 0.263 e. The molecular weight excluding hydrogens is 386 g/mol. The molecule has 29 heavy (non-hydrogen) atoms. The molecule has 2 saturated heterocycles. The van der Waals surface area contributed by atoms with Crippen LogP contribution in [0.25, 0.3) is 0 Å². The Hall–Kier alpha value is -2.38. The minimum absolute atomic E-state index is 0.0495. The van der Waals surface area contributed by atoms with Crippen molar-refractivity contribution >= 4 is 23.2 Å². The average Bonchev–Trinajstić information content (AvgIpc) is 3.28. The lowest BCUT2D eigenvalue weighted by Crippen LogP contribution is -2.52. The molecule has 7 heteroatoms. The number of carbonyl (C=O) groups excluding carboxylic acids is 2. The number of rotatable bonds is 4. The van der Waals surface area contributed by atoms with E-state index < -0.39 is 0 Å². The normalized spacial score (nSPS) is 20.6. The molecule has 2 amide bonds. The highest BCUT2D eigenvalue weighted by atomic mass is 32.1. The second kappa shape index (κ2) is 8.97. The van der Waals surface area contributed by atoms with Gasteiger partial charge in [-0.25, -0.2) is 0 Å². The largest absolute Gasteiger partial charge is 0.508 e. The third-order valence-corrected chi connectivity index (χ3v) is 6.65. The molecule has 1 atom stereocenters.